The highest BCUT2D eigenvalue weighted by Crippen LogP contribution is 2.42. The molecule has 4 heterocycles. The number of β-amino-alcohol motifs (C(OH)–C–C–N with tert-alkyl or cyclic N) is 1. The number of imidazole rings is 1. The van der Waals surface area contributed by atoms with Crippen molar-refractivity contribution >= 4 is 26.6 Å². The molecule has 8 nitrogen and oxygen atoms in total. The molecule has 2 aliphatic rings. The van der Waals surface area contributed by atoms with Crippen molar-refractivity contribution in [2.75, 3.05) is 43.9 Å². The van der Waals surface area contributed by atoms with Crippen LogP contribution in [0.4, 0.5) is 5.69 Å². The summed E-state index contributed by atoms with van der Waals surface area (Å²) < 4.78 is 25.8. The van der Waals surface area contributed by atoms with Gasteiger partial charge in [0.25, 0.3) is 0 Å². The van der Waals surface area contributed by atoms with E-state index in [1.54, 1.807) is 24.3 Å². The number of likely N-dealkylation sites (tertiary alicyclic amines) is 1. The zero-order valence-electron chi connectivity index (χ0n) is 24.6. The van der Waals surface area contributed by atoms with Gasteiger partial charge in [-0.25, -0.2) is 13.4 Å². The van der Waals surface area contributed by atoms with E-state index < -0.39 is 15.4 Å². The van der Waals surface area contributed by atoms with E-state index in [9.17, 15) is 13.5 Å². The number of anilines is 1. The minimum atomic E-state index is -3.25. The van der Waals surface area contributed by atoms with Crippen LogP contribution in [0.25, 0.3) is 33.7 Å². The zero-order valence-corrected chi connectivity index (χ0v) is 25.4. The molecule has 0 amide bonds. The normalized spacial score (nSPS) is 17.8. The largest absolute Gasteiger partial charge is 0.389 e. The maximum absolute atomic E-state index is 11.9. The molecule has 2 fully saturated rings. The van der Waals surface area contributed by atoms with E-state index in [0.717, 1.165) is 72.1 Å². The predicted octanol–water partition coefficient (Wildman–Crippen LogP) is 4.69. The highest BCUT2D eigenvalue weighted by molar-refractivity contribution is 7.90. The molecule has 0 aliphatic carbocycles. The van der Waals surface area contributed by atoms with Gasteiger partial charge in [0, 0.05) is 62.8 Å². The Balaban J connectivity index is 1.17. The lowest BCUT2D eigenvalue weighted by atomic mass is 9.71. The number of hydrogen-bond donors (Lipinski definition) is 1. The van der Waals surface area contributed by atoms with Gasteiger partial charge in [-0.1, -0.05) is 12.1 Å². The van der Waals surface area contributed by atoms with Gasteiger partial charge in [0.2, 0.25) is 0 Å². The van der Waals surface area contributed by atoms with Gasteiger partial charge in [-0.3, -0.25) is 9.88 Å². The third kappa shape index (κ3) is 5.50. The fraction of sp³-hybridized carbons (Fsp3) is 0.438. The minimum Gasteiger partial charge on any atom is -0.389 e. The van der Waals surface area contributed by atoms with Gasteiger partial charge in [-0.15, -0.1) is 0 Å². The maximum Gasteiger partial charge on any atom is 0.175 e. The van der Waals surface area contributed by atoms with E-state index in [-0.39, 0.29) is 0 Å². The molecule has 2 aromatic carbocycles. The van der Waals surface area contributed by atoms with Crippen molar-refractivity contribution < 1.29 is 13.5 Å². The Morgan fingerprint density at radius 1 is 0.951 bits per heavy atom. The van der Waals surface area contributed by atoms with Crippen LogP contribution in [0, 0.1) is 12.3 Å². The summed E-state index contributed by atoms with van der Waals surface area (Å²) >= 11 is 0. The van der Waals surface area contributed by atoms with Crippen LogP contribution < -0.4 is 4.90 Å². The van der Waals surface area contributed by atoms with Gasteiger partial charge in [0.15, 0.2) is 9.84 Å². The van der Waals surface area contributed by atoms with E-state index in [4.69, 9.17) is 9.97 Å². The molecule has 4 aromatic rings. The van der Waals surface area contributed by atoms with E-state index in [0.29, 0.717) is 10.3 Å². The number of piperidine rings is 1. The third-order valence-corrected chi connectivity index (χ3v) is 9.79. The van der Waals surface area contributed by atoms with Gasteiger partial charge in [-0.2, -0.15) is 0 Å². The topological polar surface area (TPSA) is 91.6 Å². The lowest BCUT2D eigenvalue weighted by molar-refractivity contribution is -0.0643. The summed E-state index contributed by atoms with van der Waals surface area (Å²) in [6, 6.07) is 17.7. The van der Waals surface area contributed by atoms with Crippen molar-refractivity contribution in [1.29, 1.82) is 0 Å². The number of aliphatic hydroxyl groups is 1. The number of pyridine rings is 1. The van der Waals surface area contributed by atoms with Crippen LogP contribution in [0.15, 0.2) is 59.5 Å². The molecule has 2 aromatic heterocycles. The smallest absolute Gasteiger partial charge is 0.175 e. The first-order valence-corrected chi connectivity index (χ1v) is 16.1. The van der Waals surface area contributed by atoms with E-state index in [1.165, 1.54) is 24.8 Å². The van der Waals surface area contributed by atoms with Gasteiger partial charge >= 0.3 is 0 Å². The standard InChI is InChI=1S/C32H39N5O3S/c1-22-29-28(35(4)30(34-29)24-8-12-26(13-9-24)41(5,39)40)18-27(33-22)23-6-10-25(11-7-23)37-16-14-32(15-17-37)20-36(21-32)19-31(2,3)38/h6-13,18,38H,14-17,19-21H2,1-5H3. The van der Waals surface area contributed by atoms with Gasteiger partial charge in [-0.05, 0) is 81.5 Å². The summed E-state index contributed by atoms with van der Waals surface area (Å²) in [5.41, 5.74) is 6.54. The quantitative estimate of drug-likeness (QED) is 0.358. The van der Waals surface area contributed by atoms with Gasteiger partial charge < -0.3 is 14.6 Å². The molecular weight excluding hydrogens is 534 g/mol. The number of nitrogens with zero attached hydrogens (tertiary/aromatic N) is 5. The first-order chi connectivity index (χ1) is 19.3. The Morgan fingerprint density at radius 3 is 2.15 bits per heavy atom. The van der Waals surface area contributed by atoms with E-state index in [2.05, 4.69) is 40.1 Å². The van der Waals surface area contributed by atoms with Crippen LogP contribution in [0.2, 0.25) is 0 Å². The lowest BCUT2D eigenvalue weighted by Crippen LogP contribution is -2.62. The minimum absolute atomic E-state index is 0.296. The number of aromatic nitrogens is 3. The number of aryl methyl sites for hydroxylation is 2. The maximum atomic E-state index is 11.9. The molecule has 0 saturated carbocycles. The molecule has 2 aliphatic heterocycles. The molecule has 0 atom stereocenters. The van der Waals surface area contributed by atoms with Gasteiger partial charge in [0.05, 0.1) is 27.4 Å². The van der Waals surface area contributed by atoms with E-state index >= 15 is 0 Å². The van der Waals surface area contributed by atoms with Crippen LogP contribution in [0.1, 0.15) is 32.4 Å². The molecule has 41 heavy (non-hydrogen) atoms. The van der Waals surface area contributed by atoms with E-state index in [1.807, 2.05) is 32.4 Å². The molecule has 2 saturated heterocycles. The summed E-state index contributed by atoms with van der Waals surface area (Å²) in [7, 11) is -1.27. The fourth-order valence-corrected chi connectivity index (χ4v) is 7.19. The van der Waals surface area contributed by atoms with Gasteiger partial charge in [0.1, 0.15) is 11.3 Å². The molecule has 0 unspecified atom stereocenters. The highest BCUT2D eigenvalue weighted by Gasteiger charge is 2.45. The second kappa shape index (κ2) is 9.93. The third-order valence-electron chi connectivity index (χ3n) is 8.67. The summed E-state index contributed by atoms with van der Waals surface area (Å²) in [6.45, 7) is 10.8. The average molecular weight is 574 g/mol. The molecule has 6 rings (SSSR count). The summed E-state index contributed by atoms with van der Waals surface area (Å²) in [4.78, 5) is 14.9. The monoisotopic (exact) mass is 573 g/mol. The molecule has 1 spiro atoms. The van der Waals surface area contributed by atoms with Crippen molar-refractivity contribution in [1.82, 2.24) is 19.4 Å². The van der Waals surface area contributed by atoms with Crippen LogP contribution in [0.5, 0.6) is 0 Å². The second-order valence-electron chi connectivity index (χ2n) is 12.7. The molecule has 216 valence electrons. The predicted molar refractivity (Wildman–Crippen MR) is 164 cm³/mol. The first kappa shape index (κ1) is 27.9. The molecule has 1 N–H and O–H groups in total. The number of rotatable bonds is 6. The fourth-order valence-electron chi connectivity index (χ4n) is 6.56. The van der Waals surface area contributed by atoms with Crippen molar-refractivity contribution in [2.24, 2.45) is 12.5 Å². The average Bonchev–Trinajstić information content (AvgIpc) is 3.24. The Morgan fingerprint density at radius 2 is 1.56 bits per heavy atom. The summed E-state index contributed by atoms with van der Waals surface area (Å²) in [5.74, 6) is 0.773. The molecular formula is C32H39N5O3S. The zero-order chi connectivity index (χ0) is 29.2. The van der Waals surface area contributed by atoms with Crippen LogP contribution in [-0.4, -0.2) is 77.5 Å². The lowest BCUT2D eigenvalue weighted by Gasteiger charge is -2.55. The number of fused-ring (bicyclic) bond motifs is 1. The van der Waals surface area contributed by atoms with Crippen molar-refractivity contribution in [2.45, 2.75) is 44.1 Å². The SMILES string of the molecule is Cc1nc(-c2ccc(N3CCC4(CC3)CN(CC(C)(C)O)C4)cc2)cc2c1nc(-c1ccc(S(C)(=O)=O)cc1)n2C. The van der Waals surface area contributed by atoms with Crippen molar-refractivity contribution in [3.63, 3.8) is 0 Å². The van der Waals surface area contributed by atoms with Crippen molar-refractivity contribution in [3.8, 4) is 22.6 Å². The number of hydrogen-bond acceptors (Lipinski definition) is 7. The Kier molecular flexibility index (Phi) is 6.75. The van der Waals surface area contributed by atoms with Crippen LogP contribution >= 0.6 is 0 Å². The Hall–Kier alpha value is -3.27. The number of sulfone groups is 1. The number of benzene rings is 2. The molecule has 0 radical (unpaired) electrons. The van der Waals surface area contributed by atoms with Crippen molar-refractivity contribution in [3.05, 3.63) is 60.3 Å². The first-order valence-electron chi connectivity index (χ1n) is 14.3. The summed E-state index contributed by atoms with van der Waals surface area (Å²) in [6.07, 6.45) is 3.59. The van der Waals surface area contributed by atoms with Crippen LogP contribution in [0.3, 0.4) is 0 Å². The van der Waals surface area contributed by atoms with Crippen LogP contribution in [-0.2, 0) is 16.9 Å². The Labute approximate surface area is 242 Å². The molecule has 0 bridgehead atoms. The second-order valence-corrected chi connectivity index (χ2v) is 14.8. The Bertz CT molecular complexity index is 1690. The highest BCUT2D eigenvalue weighted by atomic mass is 32.2. The molecule has 9 heteroatoms. The summed E-state index contributed by atoms with van der Waals surface area (Å²) in [5, 5.41) is 10.1.